The van der Waals surface area contributed by atoms with Gasteiger partial charge >= 0.3 is 18.0 Å². The van der Waals surface area contributed by atoms with E-state index in [4.69, 9.17) is 15.2 Å². The highest BCUT2D eigenvalue weighted by Gasteiger charge is 2.31. The summed E-state index contributed by atoms with van der Waals surface area (Å²) in [4.78, 5) is 47.6. The van der Waals surface area contributed by atoms with Crippen molar-refractivity contribution in [3.63, 3.8) is 0 Å². The molecule has 2 unspecified atom stereocenters. The van der Waals surface area contributed by atoms with E-state index >= 15 is 0 Å². The molecule has 2 atom stereocenters. The molecule has 0 radical (unpaired) electrons. The summed E-state index contributed by atoms with van der Waals surface area (Å²) in [7, 11) is 0. The molecule has 0 spiro atoms. The number of hydrazone groups is 1. The van der Waals surface area contributed by atoms with Gasteiger partial charge in [0.1, 0.15) is 11.5 Å². The summed E-state index contributed by atoms with van der Waals surface area (Å²) < 4.78 is 10.2. The number of esters is 2. The van der Waals surface area contributed by atoms with Crippen LogP contribution in [0.2, 0.25) is 0 Å². The maximum Gasteiger partial charge on any atom is 0.332 e. The fraction of sp³-hybridized carbons (Fsp3) is 0.722. The maximum absolute atomic E-state index is 12.6. The van der Waals surface area contributed by atoms with Crippen molar-refractivity contribution in [3.05, 3.63) is 0 Å². The average Bonchev–Trinajstić information content (AvgIpc) is 2.49. The molecule has 0 fully saturated rings. The van der Waals surface area contributed by atoms with Crippen molar-refractivity contribution < 1.29 is 28.7 Å². The van der Waals surface area contributed by atoms with Crippen LogP contribution in [0.3, 0.4) is 0 Å². The van der Waals surface area contributed by atoms with Crippen LogP contribution in [0.15, 0.2) is 5.10 Å². The molecule has 0 aliphatic heterocycles. The van der Waals surface area contributed by atoms with Crippen LogP contribution >= 0.6 is 0 Å². The third kappa shape index (κ3) is 11.9. The molecular weight excluding hydrogens is 368 g/mol. The van der Waals surface area contributed by atoms with E-state index in [1.807, 2.05) is 19.3 Å². The first-order chi connectivity index (χ1) is 12.9. The number of rotatable bonds is 10. The van der Waals surface area contributed by atoms with Gasteiger partial charge in [-0.1, -0.05) is 13.8 Å². The van der Waals surface area contributed by atoms with Gasteiger partial charge in [-0.2, -0.15) is 5.10 Å². The second-order valence-electron chi connectivity index (χ2n) is 7.59. The van der Waals surface area contributed by atoms with Crippen molar-refractivity contribution in [2.24, 2.45) is 22.7 Å². The number of nitrogens with two attached hydrogens (primary N) is 1. The first-order valence-corrected chi connectivity index (χ1v) is 9.13. The number of nitrogens with one attached hydrogen (secondary N) is 2. The van der Waals surface area contributed by atoms with Crippen molar-refractivity contribution in [2.45, 2.75) is 66.0 Å². The zero-order valence-corrected chi connectivity index (χ0v) is 17.4. The first kappa shape index (κ1) is 25.4. The molecule has 0 saturated heterocycles. The van der Waals surface area contributed by atoms with Crippen LogP contribution in [-0.2, 0) is 23.9 Å². The Labute approximate surface area is 165 Å². The van der Waals surface area contributed by atoms with Crippen molar-refractivity contribution in [1.29, 1.82) is 0 Å². The van der Waals surface area contributed by atoms with Crippen molar-refractivity contribution >= 4 is 30.1 Å². The lowest BCUT2D eigenvalue weighted by molar-refractivity contribution is -0.155. The Morgan fingerprint density at radius 1 is 1.18 bits per heavy atom. The lowest BCUT2D eigenvalue weighted by atomic mass is 9.96. The van der Waals surface area contributed by atoms with Gasteiger partial charge in [0.05, 0.1) is 19.1 Å². The molecule has 10 heteroatoms. The summed E-state index contributed by atoms with van der Waals surface area (Å²) in [5.41, 5.74) is 6.22. The number of carbonyl (C=O) groups excluding carboxylic acids is 4. The van der Waals surface area contributed by atoms with Gasteiger partial charge in [-0.15, -0.1) is 0 Å². The Balaban J connectivity index is 5.30. The van der Waals surface area contributed by atoms with E-state index in [9.17, 15) is 19.2 Å². The third-order valence-corrected chi connectivity index (χ3v) is 3.16. The lowest BCUT2D eigenvalue weighted by Gasteiger charge is -2.23. The lowest BCUT2D eigenvalue weighted by Crippen LogP contribution is -2.45. The van der Waals surface area contributed by atoms with Gasteiger partial charge in [0, 0.05) is 6.21 Å². The van der Waals surface area contributed by atoms with E-state index in [2.05, 4.69) is 10.4 Å². The van der Waals surface area contributed by atoms with Crippen LogP contribution in [0.25, 0.3) is 0 Å². The number of hydrogen-bond acceptors (Lipinski definition) is 7. The van der Waals surface area contributed by atoms with Crippen LogP contribution < -0.4 is 16.5 Å². The molecule has 0 saturated carbocycles. The summed E-state index contributed by atoms with van der Waals surface area (Å²) in [5, 5.41) is 6.16. The Bertz CT molecular complexity index is 583. The summed E-state index contributed by atoms with van der Waals surface area (Å²) >= 11 is 0. The van der Waals surface area contributed by atoms with Gasteiger partial charge in [0.2, 0.25) is 5.91 Å². The molecule has 3 amide bonds. The molecule has 0 heterocycles. The number of urea groups is 1. The largest absolute Gasteiger partial charge is 0.465 e. The van der Waals surface area contributed by atoms with Crippen LogP contribution in [0.5, 0.6) is 0 Å². The fourth-order valence-electron chi connectivity index (χ4n) is 2.20. The first-order valence-electron chi connectivity index (χ1n) is 9.13. The Kier molecular flexibility index (Phi) is 10.8. The number of amides is 3. The Morgan fingerprint density at radius 2 is 1.79 bits per heavy atom. The highest BCUT2D eigenvalue weighted by molar-refractivity contribution is 5.99. The van der Waals surface area contributed by atoms with Crippen LogP contribution in [0.4, 0.5) is 4.79 Å². The van der Waals surface area contributed by atoms with Crippen molar-refractivity contribution in [3.8, 4) is 0 Å². The SMILES string of the molecule is CCOC(=O)C(CC(C)C)C(=O)NC(/C=N/NC(N)=O)CC(=O)OC(C)(C)C. The normalized spacial score (nSPS) is 13.7. The Morgan fingerprint density at radius 3 is 2.25 bits per heavy atom. The minimum absolute atomic E-state index is 0.0645. The molecule has 0 bridgehead atoms. The molecule has 0 aromatic rings. The van der Waals surface area contributed by atoms with Crippen molar-refractivity contribution in [1.82, 2.24) is 10.7 Å². The molecular formula is C18H32N4O6. The van der Waals surface area contributed by atoms with E-state index in [0.717, 1.165) is 6.21 Å². The standard InChI is InChI=1S/C18H32N4O6/c1-7-27-16(25)13(8-11(2)3)15(24)21-12(10-20-22-17(19)26)9-14(23)28-18(4,5)6/h10-13H,7-9H2,1-6H3,(H,21,24)(H3,19,22,26)/b20-10+. The predicted octanol–water partition coefficient (Wildman–Crippen LogP) is 1.08. The summed E-state index contributed by atoms with van der Waals surface area (Å²) in [5.74, 6) is -2.80. The van der Waals surface area contributed by atoms with Gasteiger partial charge < -0.3 is 20.5 Å². The molecule has 0 rings (SSSR count). The fourth-order valence-corrected chi connectivity index (χ4v) is 2.20. The topological polar surface area (TPSA) is 149 Å². The van der Waals surface area contributed by atoms with Crippen LogP contribution in [-0.4, -0.2) is 48.3 Å². The van der Waals surface area contributed by atoms with E-state index in [-0.39, 0.29) is 25.4 Å². The zero-order chi connectivity index (χ0) is 21.9. The van der Waals surface area contributed by atoms with Gasteiger partial charge in [-0.05, 0) is 40.0 Å². The number of nitrogens with zero attached hydrogens (tertiary/aromatic N) is 1. The second kappa shape index (κ2) is 11.9. The van der Waals surface area contributed by atoms with E-state index in [1.165, 1.54) is 0 Å². The van der Waals surface area contributed by atoms with Gasteiger partial charge in [0.25, 0.3) is 0 Å². The molecule has 0 aromatic carbocycles. The summed E-state index contributed by atoms with van der Waals surface area (Å²) in [6.07, 6.45) is 1.18. The number of primary amides is 1. The highest BCUT2D eigenvalue weighted by atomic mass is 16.6. The number of ether oxygens (including phenoxy) is 2. The molecule has 0 aromatic heterocycles. The molecule has 4 N–H and O–H groups in total. The molecule has 160 valence electrons. The van der Waals surface area contributed by atoms with Gasteiger partial charge in [-0.25, -0.2) is 10.2 Å². The quantitative estimate of drug-likeness (QED) is 0.216. The highest BCUT2D eigenvalue weighted by Crippen LogP contribution is 2.15. The van der Waals surface area contributed by atoms with Crippen LogP contribution in [0.1, 0.15) is 54.4 Å². The minimum Gasteiger partial charge on any atom is -0.465 e. The third-order valence-electron chi connectivity index (χ3n) is 3.16. The van der Waals surface area contributed by atoms with E-state index in [0.29, 0.717) is 0 Å². The van der Waals surface area contributed by atoms with Gasteiger partial charge in [0.15, 0.2) is 0 Å². The van der Waals surface area contributed by atoms with E-state index < -0.39 is 41.4 Å². The number of hydrogen-bond donors (Lipinski definition) is 3. The zero-order valence-electron chi connectivity index (χ0n) is 17.4. The Hall–Kier alpha value is -2.65. The monoisotopic (exact) mass is 400 g/mol. The second-order valence-corrected chi connectivity index (χ2v) is 7.59. The summed E-state index contributed by atoms with van der Waals surface area (Å²) in [6, 6.07) is -1.82. The van der Waals surface area contributed by atoms with E-state index in [1.54, 1.807) is 27.7 Å². The average molecular weight is 400 g/mol. The molecule has 0 aliphatic carbocycles. The molecule has 0 aliphatic rings. The van der Waals surface area contributed by atoms with Crippen molar-refractivity contribution in [2.75, 3.05) is 6.61 Å². The minimum atomic E-state index is -1.03. The van der Waals surface area contributed by atoms with Crippen LogP contribution in [0, 0.1) is 11.8 Å². The van der Waals surface area contributed by atoms with Gasteiger partial charge in [-0.3, -0.25) is 14.4 Å². The summed E-state index contributed by atoms with van der Waals surface area (Å²) in [6.45, 7) is 10.7. The smallest absolute Gasteiger partial charge is 0.332 e. The molecule has 10 nitrogen and oxygen atoms in total. The predicted molar refractivity (Wildman–Crippen MR) is 103 cm³/mol. The molecule has 28 heavy (non-hydrogen) atoms. The maximum atomic E-state index is 12.6. The number of carbonyl (C=O) groups is 4.